The average Bonchev–Trinajstić information content (AvgIpc) is 2.91. The number of aromatic nitrogens is 4. The fourth-order valence-corrected chi connectivity index (χ4v) is 4.35. The first-order valence-electron chi connectivity index (χ1n) is 6.41. The van der Waals surface area contributed by atoms with E-state index in [0.29, 0.717) is 17.1 Å². The first kappa shape index (κ1) is 14.0. The van der Waals surface area contributed by atoms with Crippen LogP contribution in [0.4, 0.5) is 5.95 Å². The predicted octanol–water partition coefficient (Wildman–Crippen LogP) is 0.114. The highest BCUT2D eigenvalue weighted by molar-refractivity contribution is 7.89. The summed E-state index contributed by atoms with van der Waals surface area (Å²) in [6, 6.07) is 0. The summed E-state index contributed by atoms with van der Waals surface area (Å²) in [7, 11) is -1.89. The summed E-state index contributed by atoms with van der Waals surface area (Å²) in [6.45, 7) is 3.90. The molecule has 0 atom stereocenters. The molecule has 1 aliphatic rings. The Kier molecular flexibility index (Phi) is 2.99. The van der Waals surface area contributed by atoms with Crippen molar-refractivity contribution in [1.29, 1.82) is 0 Å². The van der Waals surface area contributed by atoms with Gasteiger partial charge in [0.2, 0.25) is 16.0 Å². The van der Waals surface area contributed by atoms with Crippen LogP contribution in [0, 0.1) is 13.8 Å². The molecule has 0 aliphatic carbocycles. The lowest BCUT2D eigenvalue weighted by molar-refractivity contribution is 0.429. The lowest BCUT2D eigenvalue weighted by Crippen LogP contribution is -2.26. The van der Waals surface area contributed by atoms with Crippen molar-refractivity contribution in [3.63, 3.8) is 0 Å². The second kappa shape index (κ2) is 4.50. The number of hydrogen-bond acceptors (Lipinski definition) is 6. The number of hydrogen-bond donors (Lipinski definition) is 1. The first-order chi connectivity index (χ1) is 9.80. The largest absolute Gasteiger partial charge is 0.368 e. The van der Waals surface area contributed by atoms with Crippen LogP contribution in [0.5, 0.6) is 0 Å². The predicted molar refractivity (Wildman–Crippen MR) is 75.6 cm³/mol. The van der Waals surface area contributed by atoms with Crippen molar-refractivity contribution in [2.45, 2.75) is 31.8 Å². The summed E-state index contributed by atoms with van der Waals surface area (Å²) in [5.74, 6) is 0.154. The number of anilines is 1. The molecule has 0 amide bonds. The molecule has 2 aromatic rings. The van der Waals surface area contributed by atoms with Crippen molar-refractivity contribution in [2.75, 3.05) is 5.73 Å². The maximum Gasteiger partial charge on any atom is 0.247 e. The van der Waals surface area contributed by atoms with E-state index in [1.807, 2.05) is 0 Å². The molecule has 0 unspecified atom stereocenters. The molecule has 0 spiro atoms. The van der Waals surface area contributed by atoms with Crippen LogP contribution in [-0.4, -0.2) is 32.5 Å². The van der Waals surface area contributed by atoms with Gasteiger partial charge in [-0.2, -0.15) is 9.40 Å². The van der Waals surface area contributed by atoms with Crippen LogP contribution < -0.4 is 5.73 Å². The lowest BCUT2D eigenvalue weighted by atomic mass is 10.3. The zero-order chi connectivity index (χ0) is 15.4. The van der Waals surface area contributed by atoms with Gasteiger partial charge in [0.15, 0.2) is 0 Å². The Morgan fingerprint density at radius 2 is 2.00 bits per heavy atom. The number of aryl methyl sites for hydroxylation is 2. The first-order valence-corrected chi connectivity index (χ1v) is 7.85. The molecule has 0 fully saturated rings. The zero-order valence-electron chi connectivity index (χ0n) is 12.0. The quantitative estimate of drug-likeness (QED) is 0.844. The van der Waals surface area contributed by atoms with E-state index in [0.717, 1.165) is 5.56 Å². The highest BCUT2D eigenvalue weighted by Crippen LogP contribution is 2.30. The second-order valence-electron chi connectivity index (χ2n) is 5.10. The Morgan fingerprint density at radius 3 is 2.62 bits per heavy atom. The number of nitrogen functional groups attached to an aromatic ring is 1. The third-order valence-electron chi connectivity index (χ3n) is 3.69. The van der Waals surface area contributed by atoms with Crippen LogP contribution in [0.3, 0.4) is 0 Å². The molecule has 0 saturated carbocycles. The van der Waals surface area contributed by atoms with Gasteiger partial charge in [-0.15, -0.1) is 0 Å². The molecule has 2 aromatic heterocycles. The molecular weight excluding hydrogens is 292 g/mol. The van der Waals surface area contributed by atoms with Crippen LogP contribution in [0.2, 0.25) is 0 Å². The molecule has 0 saturated heterocycles. The van der Waals surface area contributed by atoms with Crippen molar-refractivity contribution in [3.05, 3.63) is 28.8 Å². The van der Waals surface area contributed by atoms with Crippen LogP contribution in [-0.2, 0) is 30.2 Å². The lowest BCUT2D eigenvalue weighted by Gasteiger charge is -2.15. The second-order valence-corrected chi connectivity index (χ2v) is 6.97. The monoisotopic (exact) mass is 308 g/mol. The van der Waals surface area contributed by atoms with Gasteiger partial charge >= 0.3 is 0 Å². The van der Waals surface area contributed by atoms with Gasteiger partial charge in [0.25, 0.3) is 0 Å². The Hall–Kier alpha value is -2.00. The van der Waals surface area contributed by atoms with E-state index < -0.39 is 10.0 Å². The molecule has 3 heterocycles. The van der Waals surface area contributed by atoms with Crippen molar-refractivity contribution in [1.82, 2.24) is 24.1 Å². The zero-order valence-corrected chi connectivity index (χ0v) is 12.8. The van der Waals surface area contributed by atoms with Crippen molar-refractivity contribution < 1.29 is 8.42 Å². The third-order valence-corrected chi connectivity index (χ3v) is 5.73. The molecule has 0 aromatic carbocycles. The molecule has 2 N–H and O–H groups in total. The highest BCUT2D eigenvalue weighted by Gasteiger charge is 2.35. The molecule has 8 nitrogen and oxygen atoms in total. The molecule has 1 aliphatic heterocycles. The summed E-state index contributed by atoms with van der Waals surface area (Å²) in [5.41, 5.74) is 8.10. The fraction of sp³-hybridized carbons (Fsp3) is 0.417. The molecule has 9 heteroatoms. The minimum Gasteiger partial charge on any atom is -0.368 e. The molecule has 3 rings (SSSR count). The van der Waals surface area contributed by atoms with Crippen LogP contribution in [0.1, 0.15) is 22.6 Å². The van der Waals surface area contributed by atoms with Crippen molar-refractivity contribution in [2.24, 2.45) is 7.05 Å². The normalized spacial score (nSPS) is 15.4. The van der Waals surface area contributed by atoms with Crippen LogP contribution in [0.15, 0.2) is 11.1 Å². The summed E-state index contributed by atoms with van der Waals surface area (Å²) in [6.07, 6.45) is 1.58. The van der Waals surface area contributed by atoms with Gasteiger partial charge in [0.1, 0.15) is 4.90 Å². The van der Waals surface area contributed by atoms with Gasteiger partial charge in [-0.25, -0.2) is 18.4 Å². The van der Waals surface area contributed by atoms with Gasteiger partial charge in [-0.05, 0) is 13.8 Å². The van der Waals surface area contributed by atoms with E-state index in [2.05, 4.69) is 15.1 Å². The maximum absolute atomic E-state index is 12.8. The van der Waals surface area contributed by atoms with Gasteiger partial charge in [-0.1, -0.05) is 0 Å². The van der Waals surface area contributed by atoms with E-state index in [-0.39, 0.29) is 23.9 Å². The van der Waals surface area contributed by atoms with E-state index in [1.165, 1.54) is 4.31 Å². The summed E-state index contributed by atoms with van der Waals surface area (Å²) >= 11 is 0. The van der Waals surface area contributed by atoms with E-state index in [9.17, 15) is 8.42 Å². The van der Waals surface area contributed by atoms with Gasteiger partial charge in [0.05, 0.1) is 23.6 Å². The molecule has 21 heavy (non-hydrogen) atoms. The van der Waals surface area contributed by atoms with Crippen LogP contribution >= 0.6 is 0 Å². The molecule has 0 radical (unpaired) electrons. The number of rotatable bonds is 2. The maximum atomic E-state index is 12.8. The minimum atomic E-state index is -3.62. The average molecular weight is 308 g/mol. The Bertz CT molecular complexity index is 827. The standard InChI is InChI=1S/C12H16N6O2S/c1-7-11(8(2)17(3)16-7)21(19,20)18-5-9-4-14-12(13)15-10(9)6-18/h4H,5-6H2,1-3H3,(H2,13,14,15). The number of fused-ring (bicyclic) bond motifs is 1. The minimum absolute atomic E-state index is 0.154. The van der Waals surface area contributed by atoms with Crippen molar-refractivity contribution >= 4 is 16.0 Å². The number of sulfonamides is 1. The fourth-order valence-electron chi connectivity index (χ4n) is 2.57. The van der Waals surface area contributed by atoms with Crippen molar-refractivity contribution in [3.8, 4) is 0 Å². The van der Waals surface area contributed by atoms with Gasteiger partial charge in [-0.3, -0.25) is 4.68 Å². The number of nitrogens with two attached hydrogens (primary N) is 1. The smallest absolute Gasteiger partial charge is 0.247 e. The van der Waals surface area contributed by atoms with Gasteiger partial charge in [0, 0.05) is 25.4 Å². The Balaban J connectivity index is 2.02. The SMILES string of the molecule is Cc1nn(C)c(C)c1S(=O)(=O)N1Cc2cnc(N)nc2C1. The van der Waals surface area contributed by atoms with E-state index >= 15 is 0 Å². The topological polar surface area (TPSA) is 107 Å². The Labute approximate surface area is 122 Å². The summed E-state index contributed by atoms with van der Waals surface area (Å²) in [4.78, 5) is 8.27. The highest BCUT2D eigenvalue weighted by atomic mass is 32.2. The van der Waals surface area contributed by atoms with Crippen LogP contribution in [0.25, 0.3) is 0 Å². The van der Waals surface area contributed by atoms with E-state index in [1.54, 1.807) is 31.8 Å². The summed E-state index contributed by atoms with van der Waals surface area (Å²) in [5, 5.41) is 4.17. The molecule has 112 valence electrons. The Morgan fingerprint density at radius 1 is 1.29 bits per heavy atom. The molecule has 0 bridgehead atoms. The molecular formula is C12H16N6O2S. The third kappa shape index (κ3) is 2.09. The number of nitrogens with zero attached hydrogens (tertiary/aromatic N) is 5. The van der Waals surface area contributed by atoms with Gasteiger partial charge < -0.3 is 5.73 Å². The van der Waals surface area contributed by atoms with E-state index in [4.69, 9.17) is 5.73 Å². The summed E-state index contributed by atoms with van der Waals surface area (Å²) < 4.78 is 28.6.